The highest BCUT2D eigenvalue weighted by Crippen LogP contribution is 2.30. The van der Waals surface area contributed by atoms with Crippen LogP contribution in [0.1, 0.15) is 49.9 Å². The van der Waals surface area contributed by atoms with Crippen molar-refractivity contribution in [2.45, 2.75) is 51.7 Å². The van der Waals surface area contributed by atoms with E-state index < -0.39 is 17.0 Å². The van der Waals surface area contributed by atoms with Gasteiger partial charge in [-0.1, -0.05) is 6.92 Å². The van der Waals surface area contributed by atoms with Crippen LogP contribution in [-0.2, 0) is 9.53 Å². The number of anilines is 1. The van der Waals surface area contributed by atoms with E-state index in [9.17, 15) is 19.7 Å². The summed E-state index contributed by atoms with van der Waals surface area (Å²) < 4.78 is 5.31. The second kappa shape index (κ2) is 7.94. The third-order valence-electron chi connectivity index (χ3n) is 5.11. The number of amides is 1. The van der Waals surface area contributed by atoms with Gasteiger partial charge in [0.05, 0.1) is 16.2 Å². The number of nitrogens with zero attached hydrogens (tertiary/aromatic N) is 2. The molecule has 1 heterocycles. The van der Waals surface area contributed by atoms with Crippen LogP contribution in [0.4, 0.5) is 11.4 Å². The summed E-state index contributed by atoms with van der Waals surface area (Å²) >= 11 is 0. The molecule has 3 rings (SSSR count). The summed E-state index contributed by atoms with van der Waals surface area (Å²) in [6, 6.07) is 4.40. The number of non-ortho nitro benzene ring substituents is 1. The van der Waals surface area contributed by atoms with Crippen LogP contribution in [0, 0.1) is 16.0 Å². The number of rotatable bonds is 6. The molecule has 1 atom stereocenters. The molecule has 0 aromatic heterocycles. The van der Waals surface area contributed by atoms with Gasteiger partial charge in [0, 0.05) is 31.3 Å². The molecule has 1 saturated carbocycles. The Morgan fingerprint density at radius 3 is 2.52 bits per heavy atom. The number of hydrogen-bond donors (Lipinski definition) is 1. The van der Waals surface area contributed by atoms with Gasteiger partial charge in [0.15, 0.2) is 6.10 Å². The van der Waals surface area contributed by atoms with E-state index in [-0.39, 0.29) is 23.2 Å². The van der Waals surface area contributed by atoms with Crippen LogP contribution in [0.15, 0.2) is 18.2 Å². The molecule has 27 heavy (non-hydrogen) atoms. The maximum Gasteiger partial charge on any atom is 0.341 e. The summed E-state index contributed by atoms with van der Waals surface area (Å²) in [7, 11) is 0. The Bertz CT molecular complexity index is 739. The number of ether oxygens (including phenoxy) is 1. The molecule has 8 nitrogen and oxygen atoms in total. The lowest BCUT2D eigenvalue weighted by Gasteiger charge is -2.33. The summed E-state index contributed by atoms with van der Waals surface area (Å²) in [6.45, 7) is 5.24. The molecule has 1 N–H and O–H groups in total. The van der Waals surface area contributed by atoms with Crippen molar-refractivity contribution in [3.63, 3.8) is 0 Å². The van der Waals surface area contributed by atoms with Gasteiger partial charge in [0.1, 0.15) is 0 Å². The van der Waals surface area contributed by atoms with Crippen LogP contribution in [0.3, 0.4) is 0 Å². The lowest BCUT2D eigenvalue weighted by Crippen LogP contribution is -2.37. The predicted molar refractivity (Wildman–Crippen MR) is 99.7 cm³/mol. The van der Waals surface area contributed by atoms with Gasteiger partial charge in [-0.2, -0.15) is 0 Å². The van der Waals surface area contributed by atoms with Crippen LogP contribution in [0.2, 0.25) is 0 Å². The maximum absolute atomic E-state index is 12.7. The average molecular weight is 375 g/mol. The molecule has 0 unspecified atom stereocenters. The van der Waals surface area contributed by atoms with Gasteiger partial charge in [0.25, 0.3) is 11.6 Å². The van der Waals surface area contributed by atoms with E-state index in [4.69, 9.17) is 4.74 Å². The Hall–Kier alpha value is -2.64. The highest BCUT2D eigenvalue weighted by molar-refractivity contribution is 5.98. The van der Waals surface area contributed by atoms with Crippen molar-refractivity contribution < 1.29 is 19.2 Å². The molecule has 1 amide bonds. The van der Waals surface area contributed by atoms with E-state index in [2.05, 4.69) is 17.1 Å². The third-order valence-corrected chi connectivity index (χ3v) is 5.11. The Kier molecular flexibility index (Phi) is 5.62. The van der Waals surface area contributed by atoms with Crippen molar-refractivity contribution in [3.8, 4) is 0 Å². The summed E-state index contributed by atoms with van der Waals surface area (Å²) in [6.07, 6.45) is 2.91. The Balaban J connectivity index is 1.79. The monoisotopic (exact) mass is 375 g/mol. The molecule has 0 bridgehead atoms. The van der Waals surface area contributed by atoms with Crippen molar-refractivity contribution in [1.82, 2.24) is 5.32 Å². The van der Waals surface area contributed by atoms with Gasteiger partial charge in [-0.3, -0.25) is 14.9 Å². The van der Waals surface area contributed by atoms with Gasteiger partial charge >= 0.3 is 5.97 Å². The van der Waals surface area contributed by atoms with E-state index in [0.717, 1.165) is 38.8 Å². The predicted octanol–water partition coefficient (Wildman–Crippen LogP) is 2.66. The summed E-state index contributed by atoms with van der Waals surface area (Å²) in [4.78, 5) is 37.4. The number of nitro benzene ring substituents is 1. The minimum atomic E-state index is -0.952. The van der Waals surface area contributed by atoms with Crippen molar-refractivity contribution in [3.05, 3.63) is 33.9 Å². The van der Waals surface area contributed by atoms with Crippen molar-refractivity contribution in [2.24, 2.45) is 5.92 Å². The largest absolute Gasteiger partial charge is 0.449 e. The van der Waals surface area contributed by atoms with E-state index >= 15 is 0 Å². The third kappa shape index (κ3) is 4.75. The highest BCUT2D eigenvalue weighted by Gasteiger charge is 2.29. The Labute approximate surface area is 158 Å². The second-order valence-corrected chi connectivity index (χ2v) is 7.46. The first-order valence-electron chi connectivity index (χ1n) is 9.40. The number of nitro groups is 1. The van der Waals surface area contributed by atoms with E-state index in [1.54, 1.807) is 6.07 Å². The Morgan fingerprint density at radius 2 is 1.93 bits per heavy atom. The van der Waals surface area contributed by atoms with Crippen molar-refractivity contribution in [2.75, 3.05) is 18.0 Å². The summed E-state index contributed by atoms with van der Waals surface area (Å²) in [5, 5.41) is 13.9. The molecule has 1 aliphatic carbocycles. The number of carbonyl (C=O) groups excluding carboxylic acids is 2. The topological polar surface area (TPSA) is 102 Å². The zero-order chi connectivity index (χ0) is 19.6. The summed E-state index contributed by atoms with van der Waals surface area (Å²) in [5.74, 6) is -0.448. The smallest absolute Gasteiger partial charge is 0.341 e. The molecule has 0 spiro atoms. The molecule has 1 aliphatic heterocycles. The van der Waals surface area contributed by atoms with Gasteiger partial charge < -0.3 is 15.0 Å². The number of nitrogens with one attached hydrogen (secondary N) is 1. The van der Waals surface area contributed by atoms with Crippen molar-refractivity contribution >= 4 is 23.3 Å². The fourth-order valence-electron chi connectivity index (χ4n) is 3.15. The first kappa shape index (κ1) is 19.1. The lowest BCUT2D eigenvalue weighted by atomic mass is 9.98. The minimum Gasteiger partial charge on any atom is -0.449 e. The molecular weight excluding hydrogens is 350 g/mol. The molecule has 1 saturated heterocycles. The number of carbonyl (C=O) groups is 2. The molecule has 146 valence electrons. The molecular formula is C19H25N3O5. The van der Waals surface area contributed by atoms with Gasteiger partial charge in [0.2, 0.25) is 0 Å². The van der Waals surface area contributed by atoms with Crippen molar-refractivity contribution in [1.29, 1.82) is 0 Å². The van der Waals surface area contributed by atoms with Gasteiger partial charge in [-0.05, 0) is 44.6 Å². The standard InChI is InChI=1S/C19H25N3O5/c1-12-7-9-21(10-8-12)17-6-5-15(22(25)26)11-16(17)19(24)27-13(2)18(23)20-14-3-4-14/h5-6,11-14H,3-4,7-10H2,1-2H3,(H,20,23)/t13-/m0/s1. The molecule has 1 aromatic carbocycles. The SMILES string of the molecule is CC1CCN(c2ccc([N+](=O)[O-])cc2C(=O)O[C@@H](C)C(=O)NC2CC2)CC1. The highest BCUT2D eigenvalue weighted by atomic mass is 16.6. The second-order valence-electron chi connectivity index (χ2n) is 7.46. The summed E-state index contributed by atoms with van der Waals surface area (Å²) in [5.41, 5.74) is 0.572. The van der Waals surface area contributed by atoms with Crippen LogP contribution in [-0.4, -0.2) is 42.0 Å². The molecule has 0 radical (unpaired) electrons. The molecule has 1 aromatic rings. The zero-order valence-corrected chi connectivity index (χ0v) is 15.6. The minimum absolute atomic E-state index is 0.129. The maximum atomic E-state index is 12.7. The number of piperidine rings is 1. The average Bonchev–Trinajstić information content (AvgIpc) is 3.45. The van der Waals surface area contributed by atoms with Crippen LogP contribution < -0.4 is 10.2 Å². The van der Waals surface area contributed by atoms with E-state index in [1.807, 2.05) is 0 Å². The number of hydrogen-bond acceptors (Lipinski definition) is 6. The molecule has 2 fully saturated rings. The van der Waals surface area contributed by atoms with Gasteiger partial charge in [-0.15, -0.1) is 0 Å². The van der Waals surface area contributed by atoms with E-state index in [0.29, 0.717) is 11.6 Å². The molecule has 8 heteroatoms. The Morgan fingerprint density at radius 1 is 1.26 bits per heavy atom. The fourth-order valence-corrected chi connectivity index (χ4v) is 3.15. The fraction of sp³-hybridized carbons (Fsp3) is 0.579. The van der Waals surface area contributed by atoms with Crippen LogP contribution in [0.5, 0.6) is 0 Å². The zero-order valence-electron chi connectivity index (χ0n) is 15.6. The first-order chi connectivity index (χ1) is 12.8. The van der Waals surface area contributed by atoms with Crippen LogP contribution in [0.25, 0.3) is 0 Å². The van der Waals surface area contributed by atoms with Gasteiger partial charge in [-0.25, -0.2) is 4.79 Å². The normalized spacial score (nSPS) is 18.7. The lowest BCUT2D eigenvalue weighted by molar-refractivity contribution is -0.384. The van der Waals surface area contributed by atoms with E-state index in [1.165, 1.54) is 19.1 Å². The first-order valence-corrected chi connectivity index (χ1v) is 9.40. The van der Waals surface area contributed by atoms with Crippen LogP contribution >= 0.6 is 0 Å². The quantitative estimate of drug-likeness (QED) is 0.466. The number of esters is 1. The number of benzene rings is 1. The molecule has 2 aliphatic rings.